The number of hydrogen-bond acceptors (Lipinski definition) is 15. The molecule has 390 valence electrons. The molecule has 0 aliphatic carbocycles. The van der Waals surface area contributed by atoms with E-state index in [1.807, 2.05) is 39.0 Å². The molecule has 2 aromatic carbocycles. The number of nitro benzene ring substituents is 1. The molecular formula is C54H71N3O13SSi. The number of ketones is 1. The second kappa shape index (κ2) is 24.7. The number of allylic oxidation sites excluding steroid dienone is 2. The van der Waals surface area contributed by atoms with Gasteiger partial charge in [0.05, 0.1) is 38.6 Å². The number of unbranched alkanes of at least 4 members (excludes halogenated alkanes) is 2. The van der Waals surface area contributed by atoms with Crippen LogP contribution in [0.25, 0.3) is 10.2 Å². The van der Waals surface area contributed by atoms with Crippen LogP contribution in [0.1, 0.15) is 135 Å². The number of imide groups is 1. The van der Waals surface area contributed by atoms with Crippen LogP contribution in [0.4, 0.5) is 10.5 Å². The number of benzene rings is 2. The highest BCUT2D eigenvalue weighted by Gasteiger charge is 2.50. The van der Waals surface area contributed by atoms with Crippen molar-refractivity contribution in [3.05, 3.63) is 99.1 Å². The molecule has 0 bridgehead atoms. The Kier molecular flexibility index (Phi) is 19.6. The van der Waals surface area contributed by atoms with Gasteiger partial charge in [-0.3, -0.25) is 39.0 Å². The summed E-state index contributed by atoms with van der Waals surface area (Å²) in [6.45, 7) is 23.5. The Bertz CT molecular complexity index is 2560. The molecule has 0 radical (unpaired) electrons. The maximum Gasteiger partial charge on any atom is 0.508 e. The normalized spacial score (nSPS) is 22.3. The summed E-state index contributed by atoms with van der Waals surface area (Å²) < 4.78 is 31.4. The van der Waals surface area contributed by atoms with E-state index in [0.29, 0.717) is 44.9 Å². The number of ether oxygens (including phenoxy) is 4. The molecule has 0 unspecified atom stereocenters. The van der Waals surface area contributed by atoms with Crippen LogP contribution in [0.2, 0.25) is 18.1 Å². The first-order valence-corrected chi connectivity index (χ1v) is 28.4. The predicted octanol–water partition coefficient (Wildman–Crippen LogP) is 11.9. The Morgan fingerprint density at radius 2 is 1.75 bits per heavy atom. The fourth-order valence-electron chi connectivity index (χ4n) is 8.64. The highest BCUT2D eigenvalue weighted by atomic mass is 32.1. The molecule has 2 aliphatic rings. The zero-order chi connectivity index (χ0) is 53.1. The van der Waals surface area contributed by atoms with E-state index < -0.39 is 73.3 Å². The summed E-state index contributed by atoms with van der Waals surface area (Å²) in [6, 6.07) is 9.76. The van der Waals surface area contributed by atoms with Gasteiger partial charge in [-0.15, -0.1) is 17.9 Å². The van der Waals surface area contributed by atoms with Crippen LogP contribution >= 0.6 is 11.3 Å². The third-order valence-electron chi connectivity index (χ3n) is 14.0. The summed E-state index contributed by atoms with van der Waals surface area (Å²) >= 11 is 1.60. The molecule has 5 rings (SSSR count). The van der Waals surface area contributed by atoms with E-state index in [9.17, 15) is 34.1 Å². The van der Waals surface area contributed by atoms with E-state index in [0.717, 1.165) is 37.3 Å². The Labute approximate surface area is 427 Å². The molecule has 0 N–H and O–H groups in total. The highest BCUT2D eigenvalue weighted by molar-refractivity contribution is 7.18. The Balaban J connectivity index is 1.35. The number of cyclic esters (lactones) is 1. The van der Waals surface area contributed by atoms with Crippen molar-refractivity contribution in [2.75, 3.05) is 6.54 Å². The largest absolute Gasteiger partial charge is 0.508 e. The minimum absolute atomic E-state index is 0.0561. The number of thiazole rings is 1. The first-order valence-electron chi connectivity index (χ1n) is 24.7. The second-order valence-electron chi connectivity index (χ2n) is 21.0. The van der Waals surface area contributed by atoms with Crippen LogP contribution in [0.15, 0.2) is 72.9 Å². The molecule has 3 aromatic rings. The lowest BCUT2D eigenvalue weighted by Crippen LogP contribution is -2.53. The van der Waals surface area contributed by atoms with Crippen molar-refractivity contribution in [3.63, 3.8) is 0 Å². The van der Waals surface area contributed by atoms with Gasteiger partial charge in [-0.05, 0) is 106 Å². The van der Waals surface area contributed by atoms with E-state index in [-0.39, 0.29) is 65.7 Å². The quantitative estimate of drug-likeness (QED) is 0.0191. The van der Waals surface area contributed by atoms with Gasteiger partial charge in [0.25, 0.3) is 11.8 Å². The molecule has 2 aliphatic heterocycles. The molecule has 0 fully saturated rings. The number of fused-ring (bicyclic) bond motifs is 1. The fourth-order valence-corrected chi connectivity index (χ4v) is 10.9. The van der Waals surface area contributed by atoms with Gasteiger partial charge in [-0.1, -0.05) is 77.8 Å². The van der Waals surface area contributed by atoms with E-state index >= 15 is 4.79 Å². The Morgan fingerprint density at radius 1 is 1.04 bits per heavy atom. The third kappa shape index (κ3) is 15.1. The van der Waals surface area contributed by atoms with E-state index in [1.165, 1.54) is 24.3 Å². The van der Waals surface area contributed by atoms with Crippen molar-refractivity contribution in [2.24, 2.45) is 17.3 Å². The molecular weight excluding hydrogens is 959 g/mol. The number of Topliss-reactive ketones (excluding diaryl/α,β-unsaturated/α-hetero) is 1. The molecule has 5 atom stereocenters. The van der Waals surface area contributed by atoms with Crippen molar-refractivity contribution >= 4 is 71.2 Å². The smallest absolute Gasteiger partial charge is 0.457 e. The number of nitro groups is 1. The number of nitrogens with zero attached hydrogens (tertiary/aromatic N) is 3. The molecule has 72 heavy (non-hydrogen) atoms. The van der Waals surface area contributed by atoms with Gasteiger partial charge in [0.2, 0.25) is 5.75 Å². The van der Waals surface area contributed by atoms with Crippen molar-refractivity contribution < 1.29 is 57.1 Å². The minimum atomic E-state index is -2.65. The lowest BCUT2D eigenvalue weighted by atomic mass is 9.71. The average molecular weight is 1030 g/mol. The molecule has 0 saturated heterocycles. The van der Waals surface area contributed by atoms with Crippen LogP contribution in [-0.2, 0) is 49.2 Å². The van der Waals surface area contributed by atoms with Gasteiger partial charge in [0.15, 0.2) is 8.32 Å². The van der Waals surface area contributed by atoms with Crippen molar-refractivity contribution in [1.29, 1.82) is 0 Å². The number of amides is 2. The molecule has 16 nitrogen and oxygen atoms in total. The van der Waals surface area contributed by atoms with E-state index in [1.54, 1.807) is 31.3 Å². The first kappa shape index (κ1) is 57.1. The van der Waals surface area contributed by atoms with Gasteiger partial charge < -0.3 is 23.4 Å². The van der Waals surface area contributed by atoms with Gasteiger partial charge in [-0.2, -0.15) is 0 Å². The van der Waals surface area contributed by atoms with Gasteiger partial charge in [0, 0.05) is 43.0 Å². The third-order valence-corrected chi connectivity index (χ3v) is 19.5. The number of carbonyl (C=O) groups excluding carboxylic acids is 6. The van der Waals surface area contributed by atoms with Crippen LogP contribution in [0.3, 0.4) is 0 Å². The van der Waals surface area contributed by atoms with Crippen LogP contribution in [0.5, 0.6) is 5.75 Å². The monoisotopic (exact) mass is 1030 g/mol. The number of rotatable bonds is 16. The SMILES string of the molecule is C=CC[C@H]1C(=O)C(C)(C)[C@@H](O[Si](C)(C)C(C)(C)C)CC(=O)O[C@H](c2ccc3sc(C)nc3c2)C/C=C(\C)CCC[C@H](C)[C@@H]1OC(=O)OCc1ccc(OC(=O)CCCCCN2C(=O)C=CC2=O)c([N+](=O)[O-])c1. The maximum atomic E-state index is 15.3. The summed E-state index contributed by atoms with van der Waals surface area (Å²) in [6.07, 6.45) is 6.02. The maximum absolute atomic E-state index is 15.3. The lowest BCUT2D eigenvalue weighted by Gasteiger charge is -2.45. The zero-order valence-corrected chi connectivity index (χ0v) is 45.2. The molecule has 1 aromatic heterocycles. The summed E-state index contributed by atoms with van der Waals surface area (Å²) in [5.74, 6) is -3.87. The lowest BCUT2D eigenvalue weighted by molar-refractivity contribution is -0.385. The standard InChI is InChI=1S/C54H71N3O13SSi/c1-12-17-39-50(69-52(63)66-33-37-22-25-43(41(30-37)57(64)65)68-48(60)20-14-13-15-29-56-46(58)27-28-47(56)59)35(3)19-16-18-34(2)21-24-42(38-23-26-44-40(31-38)55-36(4)71-44)67-49(61)32-45(54(8,9)51(39)62)70-72(10,11)53(5,6)7/h12,21-23,25-28,30-31,35,39,42,45,50H,1,13-20,24,29,32-33H2,2-11H3/b34-21+/t35-,39+,42-,45-,50-/m0/s1. The number of esters is 2. The summed E-state index contributed by atoms with van der Waals surface area (Å²) in [4.78, 5) is 96.8. The van der Waals surface area contributed by atoms with Crippen molar-refractivity contribution in [2.45, 2.75) is 163 Å². The summed E-state index contributed by atoms with van der Waals surface area (Å²) in [5.41, 5.74) is 1.11. The number of carbonyl (C=O) groups is 6. The first-order chi connectivity index (χ1) is 33.8. The van der Waals surface area contributed by atoms with Crippen LogP contribution in [0, 0.1) is 34.3 Å². The summed E-state index contributed by atoms with van der Waals surface area (Å²) in [5, 5.41) is 12.8. The zero-order valence-electron chi connectivity index (χ0n) is 43.4. The fraction of sp³-hybridized carbons (Fsp3) is 0.537. The van der Waals surface area contributed by atoms with E-state index in [4.69, 9.17) is 23.4 Å². The Morgan fingerprint density at radius 3 is 2.42 bits per heavy atom. The topological polar surface area (TPSA) is 208 Å². The number of hydrogen-bond donors (Lipinski definition) is 0. The highest BCUT2D eigenvalue weighted by Crippen LogP contribution is 2.43. The number of aryl methyl sites for hydroxylation is 1. The van der Waals surface area contributed by atoms with Gasteiger partial charge in [0.1, 0.15) is 24.6 Å². The average Bonchev–Trinajstić information content (AvgIpc) is 3.84. The summed E-state index contributed by atoms with van der Waals surface area (Å²) in [7, 11) is -2.65. The Hall–Kier alpha value is -5.85. The number of aromatic nitrogens is 1. The van der Waals surface area contributed by atoms with Crippen LogP contribution in [-0.4, -0.2) is 77.6 Å². The molecule has 3 heterocycles. The molecule has 0 saturated carbocycles. The molecule has 2 amide bonds. The van der Waals surface area contributed by atoms with Gasteiger partial charge >= 0.3 is 23.8 Å². The molecule has 0 spiro atoms. The second-order valence-corrected chi connectivity index (χ2v) is 27.0. The predicted molar refractivity (Wildman–Crippen MR) is 276 cm³/mol. The van der Waals surface area contributed by atoms with E-state index in [2.05, 4.69) is 51.5 Å². The van der Waals surface area contributed by atoms with Crippen molar-refractivity contribution in [1.82, 2.24) is 9.88 Å². The minimum Gasteiger partial charge on any atom is -0.457 e. The van der Waals surface area contributed by atoms with Crippen LogP contribution < -0.4 is 4.74 Å². The molecule has 18 heteroatoms. The van der Waals surface area contributed by atoms with Crippen molar-refractivity contribution in [3.8, 4) is 5.75 Å². The van der Waals surface area contributed by atoms with Gasteiger partial charge in [-0.25, -0.2) is 9.78 Å².